The number of nitrogens with one attached hydrogen (secondary N) is 2. The van der Waals surface area contributed by atoms with Crippen LogP contribution in [0.25, 0.3) is 0 Å². The summed E-state index contributed by atoms with van der Waals surface area (Å²) in [5.41, 5.74) is 0.886. The van der Waals surface area contributed by atoms with Crippen LogP contribution in [0.5, 0.6) is 0 Å². The largest absolute Gasteiger partial charge is 0.309 e. The van der Waals surface area contributed by atoms with E-state index < -0.39 is 10.0 Å². The van der Waals surface area contributed by atoms with Gasteiger partial charge in [-0.05, 0) is 32.2 Å². The molecule has 1 heterocycles. The third kappa shape index (κ3) is 5.23. The Morgan fingerprint density at radius 2 is 2.10 bits per heavy atom. The Balaban J connectivity index is 1.93. The van der Waals surface area contributed by atoms with Gasteiger partial charge in [-0.3, -0.25) is 4.72 Å². The zero-order chi connectivity index (χ0) is 15.3. The van der Waals surface area contributed by atoms with Crippen molar-refractivity contribution in [3.05, 3.63) is 11.1 Å². The first-order chi connectivity index (χ1) is 10.00. The summed E-state index contributed by atoms with van der Waals surface area (Å²) in [5, 5.41) is 5.66. The molecule has 0 amide bonds. The van der Waals surface area contributed by atoms with Crippen molar-refractivity contribution in [1.29, 1.82) is 0 Å². The lowest BCUT2D eigenvalue weighted by molar-refractivity contribution is 0.385. The van der Waals surface area contributed by atoms with Gasteiger partial charge in [-0.1, -0.05) is 26.2 Å². The van der Waals surface area contributed by atoms with Gasteiger partial charge in [-0.25, -0.2) is 13.4 Å². The molecule has 1 fully saturated rings. The number of rotatable bonds is 7. The van der Waals surface area contributed by atoms with Gasteiger partial charge in [-0.15, -0.1) is 11.3 Å². The van der Waals surface area contributed by atoms with Gasteiger partial charge >= 0.3 is 0 Å². The molecule has 1 saturated carbocycles. The number of hydrogen-bond acceptors (Lipinski definition) is 5. The third-order valence-electron chi connectivity index (χ3n) is 3.90. The van der Waals surface area contributed by atoms with E-state index in [0.29, 0.717) is 11.0 Å². The highest BCUT2D eigenvalue weighted by molar-refractivity contribution is 7.92. The molecule has 1 aliphatic rings. The van der Waals surface area contributed by atoms with Gasteiger partial charge in [0, 0.05) is 11.4 Å². The highest BCUT2D eigenvalue weighted by atomic mass is 32.2. The molecule has 2 rings (SSSR count). The number of aromatic nitrogens is 1. The molecule has 0 saturated heterocycles. The van der Waals surface area contributed by atoms with E-state index in [0.717, 1.165) is 37.9 Å². The summed E-state index contributed by atoms with van der Waals surface area (Å²) >= 11 is 1.35. The average molecular weight is 332 g/mol. The molecule has 120 valence electrons. The first-order valence-corrected chi connectivity index (χ1v) is 10.2. The number of thiazole rings is 1. The number of hydrogen-bond donors (Lipinski definition) is 2. The van der Waals surface area contributed by atoms with Crippen LogP contribution in [0.2, 0.25) is 0 Å². The molecular weight excluding hydrogens is 306 g/mol. The minimum Gasteiger partial charge on any atom is -0.309 e. The molecular formula is C14H25N3O2S2. The van der Waals surface area contributed by atoms with E-state index in [9.17, 15) is 8.42 Å². The first-order valence-electron chi connectivity index (χ1n) is 7.69. The van der Waals surface area contributed by atoms with Crippen molar-refractivity contribution in [1.82, 2.24) is 10.3 Å². The van der Waals surface area contributed by atoms with Crippen molar-refractivity contribution in [2.45, 2.75) is 52.0 Å². The lowest BCUT2D eigenvalue weighted by Crippen LogP contribution is -2.24. The van der Waals surface area contributed by atoms with Crippen LogP contribution in [0.4, 0.5) is 5.13 Å². The molecule has 2 N–H and O–H groups in total. The summed E-state index contributed by atoms with van der Waals surface area (Å²) < 4.78 is 27.1. The van der Waals surface area contributed by atoms with E-state index in [1.807, 2.05) is 19.2 Å². The number of nitrogens with zero attached hydrogens (tertiary/aromatic N) is 1. The molecule has 0 spiro atoms. The molecule has 1 unspecified atom stereocenters. The van der Waals surface area contributed by atoms with E-state index in [2.05, 4.69) is 15.0 Å². The van der Waals surface area contributed by atoms with Crippen LogP contribution in [0.15, 0.2) is 5.38 Å². The highest BCUT2D eigenvalue weighted by Gasteiger charge is 2.22. The van der Waals surface area contributed by atoms with Crippen molar-refractivity contribution >= 4 is 26.5 Å². The van der Waals surface area contributed by atoms with E-state index in [4.69, 9.17) is 0 Å². The van der Waals surface area contributed by atoms with Gasteiger partial charge in [0.25, 0.3) is 0 Å². The molecule has 1 aromatic heterocycles. The molecule has 1 aromatic rings. The van der Waals surface area contributed by atoms with Crippen molar-refractivity contribution < 1.29 is 8.42 Å². The quantitative estimate of drug-likeness (QED) is 0.805. The fourth-order valence-electron chi connectivity index (χ4n) is 2.78. The van der Waals surface area contributed by atoms with E-state index in [1.54, 1.807) is 0 Å². The van der Waals surface area contributed by atoms with E-state index >= 15 is 0 Å². The summed E-state index contributed by atoms with van der Waals surface area (Å²) in [6.07, 6.45) is 5.61. The Morgan fingerprint density at radius 1 is 1.38 bits per heavy atom. The number of sulfonamides is 1. The predicted octanol–water partition coefficient (Wildman–Crippen LogP) is 3.14. The maximum Gasteiger partial charge on any atom is 0.234 e. The zero-order valence-electron chi connectivity index (χ0n) is 12.8. The monoisotopic (exact) mass is 331 g/mol. The molecule has 0 aliphatic heterocycles. The minimum absolute atomic E-state index is 0.142. The maximum absolute atomic E-state index is 12.2. The maximum atomic E-state index is 12.2. The van der Waals surface area contributed by atoms with Crippen LogP contribution >= 0.6 is 11.3 Å². The lowest BCUT2D eigenvalue weighted by Gasteiger charge is -2.21. The summed E-state index contributed by atoms with van der Waals surface area (Å²) in [4.78, 5) is 4.37. The van der Waals surface area contributed by atoms with Crippen molar-refractivity contribution in [2.75, 3.05) is 17.0 Å². The molecule has 1 atom stereocenters. The van der Waals surface area contributed by atoms with Gasteiger partial charge in [0.2, 0.25) is 10.0 Å². The minimum atomic E-state index is -3.28. The summed E-state index contributed by atoms with van der Waals surface area (Å²) in [7, 11) is -3.28. The molecule has 7 heteroatoms. The molecule has 0 aromatic carbocycles. The summed E-state index contributed by atoms with van der Waals surface area (Å²) in [6, 6.07) is 0.142. The van der Waals surface area contributed by atoms with Crippen LogP contribution in [0.1, 0.15) is 57.7 Å². The Bertz CT molecular complexity index is 536. The van der Waals surface area contributed by atoms with Crippen LogP contribution in [0.3, 0.4) is 0 Å². The van der Waals surface area contributed by atoms with Crippen molar-refractivity contribution in [3.63, 3.8) is 0 Å². The molecule has 0 radical (unpaired) electrons. The van der Waals surface area contributed by atoms with Crippen LogP contribution < -0.4 is 10.0 Å². The van der Waals surface area contributed by atoms with Crippen molar-refractivity contribution in [2.24, 2.45) is 5.92 Å². The smallest absolute Gasteiger partial charge is 0.234 e. The Hall–Kier alpha value is -0.660. The third-order valence-corrected chi connectivity index (χ3v) is 6.22. The summed E-state index contributed by atoms with van der Waals surface area (Å²) in [6.45, 7) is 4.93. The topological polar surface area (TPSA) is 71.1 Å². The first kappa shape index (κ1) is 16.7. The second-order valence-electron chi connectivity index (χ2n) is 5.74. The summed E-state index contributed by atoms with van der Waals surface area (Å²) in [5.74, 6) is 0.529. The van der Waals surface area contributed by atoms with E-state index in [-0.39, 0.29) is 11.8 Å². The van der Waals surface area contributed by atoms with Crippen molar-refractivity contribution in [3.8, 4) is 0 Å². The van der Waals surface area contributed by atoms with E-state index in [1.165, 1.54) is 17.8 Å². The second kappa shape index (κ2) is 7.56. The van der Waals surface area contributed by atoms with Gasteiger partial charge in [0.05, 0.1) is 11.4 Å². The van der Waals surface area contributed by atoms with Gasteiger partial charge < -0.3 is 5.32 Å². The van der Waals surface area contributed by atoms with Gasteiger partial charge in [-0.2, -0.15) is 0 Å². The SMILES string of the molecule is CCNC(C)c1csc(NS(=O)(=O)CC2CCCCC2)n1. The van der Waals surface area contributed by atoms with Crippen LogP contribution in [-0.4, -0.2) is 25.7 Å². The standard InChI is InChI=1S/C14H25N3O2S2/c1-3-15-11(2)13-9-20-14(16-13)17-21(18,19)10-12-7-5-4-6-8-12/h9,11-12,15H,3-8,10H2,1-2H3,(H,16,17). The molecule has 21 heavy (non-hydrogen) atoms. The average Bonchev–Trinajstić information content (AvgIpc) is 2.87. The Morgan fingerprint density at radius 3 is 2.76 bits per heavy atom. The second-order valence-corrected chi connectivity index (χ2v) is 8.37. The lowest BCUT2D eigenvalue weighted by atomic mass is 9.91. The Labute approximate surface area is 131 Å². The fraction of sp³-hybridized carbons (Fsp3) is 0.786. The van der Waals surface area contributed by atoms with Gasteiger partial charge in [0.15, 0.2) is 5.13 Å². The predicted molar refractivity (Wildman–Crippen MR) is 88.2 cm³/mol. The Kier molecular flexibility index (Phi) is 6.01. The molecule has 1 aliphatic carbocycles. The number of anilines is 1. The fourth-order valence-corrected chi connectivity index (χ4v) is 5.35. The highest BCUT2D eigenvalue weighted by Crippen LogP contribution is 2.26. The van der Waals surface area contributed by atoms with Crippen LogP contribution in [-0.2, 0) is 10.0 Å². The molecule has 5 nitrogen and oxygen atoms in total. The van der Waals surface area contributed by atoms with Gasteiger partial charge in [0.1, 0.15) is 0 Å². The van der Waals surface area contributed by atoms with Crippen LogP contribution in [0, 0.1) is 5.92 Å². The zero-order valence-corrected chi connectivity index (χ0v) is 14.4. The normalized spacial score (nSPS) is 18.6. The molecule has 0 bridgehead atoms.